The summed E-state index contributed by atoms with van der Waals surface area (Å²) in [6.45, 7) is 1.40. The second kappa shape index (κ2) is 6.47. The number of aryl methyl sites for hydroxylation is 1. The number of hydrogen-bond donors (Lipinski definition) is 0. The maximum atomic E-state index is 5.25. The fourth-order valence-corrected chi connectivity index (χ4v) is 2.17. The molecular formula is C15H19NO2. The Morgan fingerprint density at radius 3 is 2.83 bits per heavy atom. The summed E-state index contributed by atoms with van der Waals surface area (Å²) in [6.07, 6.45) is 3.89. The predicted octanol–water partition coefficient (Wildman–Crippen LogP) is 2.96. The van der Waals surface area contributed by atoms with E-state index in [9.17, 15) is 0 Å². The minimum atomic E-state index is 0.603. The molecule has 1 aromatic carbocycles. The smallest absolute Gasteiger partial charge is 0.0757 e. The monoisotopic (exact) mass is 245 g/mol. The van der Waals surface area contributed by atoms with Crippen molar-refractivity contribution in [3.63, 3.8) is 0 Å². The maximum Gasteiger partial charge on any atom is 0.0757 e. The number of fused-ring (bicyclic) bond motifs is 1. The molecule has 2 rings (SSSR count). The van der Waals surface area contributed by atoms with Gasteiger partial charge in [0.1, 0.15) is 0 Å². The van der Waals surface area contributed by atoms with Crippen LogP contribution >= 0.6 is 0 Å². The first kappa shape index (κ1) is 13.0. The van der Waals surface area contributed by atoms with Crippen molar-refractivity contribution in [2.24, 2.45) is 0 Å². The zero-order valence-electron chi connectivity index (χ0n) is 11.0. The van der Waals surface area contributed by atoms with Crippen molar-refractivity contribution in [2.75, 3.05) is 20.8 Å². The summed E-state index contributed by atoms with van der Waals surface area (Å²) in [5.41, 5.74) is 3.51. The van der Waals surface area contributed by atoms with Crippen LogP contribution in [0, 0.1) is 0 Å². The van der Waals surface area contributed by atoms with Crippen molar-refractivity contribution in [1.82, 2.24) is 4.98 Å². The highest BCUT2D eigenvalue weighted by molar-refractivity contribution is 5.82. The van der Waals surface area contributed by atoms with Gasteiger partial charge >= 0.3 is 0 Å². The van der Waals surface area contributed by atoms with E-state index in [-0.39, 0.29) is 0 Å². The van der Waals surface area contributed by atoms with Crippen LogP contribution in [0.5, 0.6) is 0 Å². The molecule has 3 nitrogen and oxygen atoms in total. The Labute approximate surface area is 108 Å². The zero-order valence-corrected chi connectivity index (χ0v) is 11.0. The average molecular weight is 245 g/mol. The summed E-state index contributed by atoms with van der Waals surface area (Å²) in [5.74, 6) is 0. The van der Waals surface area contributed by atoms with Crippen LogP contribution in [-0.4, -0.2) is 25.8 Å². The molecule has 0 N–H and O–H groups in total. The zero-order chi connectivity index (χ0) is 12.8. The van der Waals surface area contributed by atoms with Gasteiger partial charge in [-0.2, -0.15) is 0 Å². The summed E-state index contributed by atoms with van der Waals surface area (Å²) in [4.78, 5) is 4.43. The summed E-state index contributed by atoms with van der Waals surface area (Å²) in [7, 11) is 3.45. The van der Waals surface area contributed by atoms with E-state index < -0.39 is 0 Å². The standard InChI is InChI=1S/C15H19NO2/c1-17-8-4-5-12-9-13-6-3-7-16-15(13)14(10-12)11-18-2/h3,6-7,9-10H,4-5,8,11H2,1-2H3. The van der Waals surface area contributed by atoms with Crippen LogP contribution in [0.25, 0.3) is 10.9 Å². The Morgan fingerprint density at radius 2 is 2.06 bits per heavy atom. The lowest BCUT2D eigenvalue weighted by Gasteiger charge is -2.09. The lowest BCUT2D eigenvalue weighted by molar-refractivity contribution is 0.185. The molecule has 0 aliphatic heterocycles. The van der Waals surface area contributed by atoms with E-state index in [0.29, 0.717) is 6.61 Å². The van der Waals surface area contributed by atoms with Gasteiger partial charge in [-0.05, 0) is 30.5 Å². The summed E-state index contributed by atoms with van der Waals surface area (Å²) in [5, 5.41) is 1.18. The molecule has 0 spiro atoms. The fraction of sp³-hybridized carbons (Fsp3) is 0.400. The van der Waals surface area contributed by atoms with Crippen molar-refractivity contribution >= 4 is 10.9 Å². The van der Waals surface area contributed by atoms with Crippen LogP contribution in [0.1, 0.15) is 17.5 Å². The molecular weight excluding hydrogens is 226 g/mol. The largest absolute Gasteiger partial charge is 0.385 e. The number of nitrogens with zero attached hydrogens (tertiary/aromatic N) is 1. The predicted molar refractivity (Wildman–Crippen MR) is 72.7 cm³/mol. The highest BCUT2D eigenvalue weighted by Crippen LogP contribution is 2.20. The van der Waals surface area contributed by atoms with Gasteiger partial charge in [-0.25, -0.2) is 0 Å². The lowest BCUT2D eigenvalue weighted by atomic mass is 10.0. The molecule has 18 heavy (non-hydrogen) atoms. The number of benzene rings is 1. The van der Waals surface area contributed by atoms with Crippen molar-refractivity contribution in [3.8, 4) is 0 Å². The summed E-state index contributed by atoms with van der Waals surface area (Å²) < 4.78 is 10.3. The SMILES string of the molecule is COCCCc1cc(COC)c2ncccc2c1. The first-order chi connectivity index (χ1) is 8.85. The summed E-state index contributed by atoms with van der Waals surface area (Å²) in [6, 6.07) is 8.46. The molecule has 1 heterocycles. The van der Waals surface area contributed by atoms with Gasteiger partial charge < -0.3 is 9.47 Å². The highest BCUT2D eigenvalue weighted by atomic mass is 16.5. The number of aromatic nitrogens is 1. The van der Waals surface area contributed by atoms with Crippen molar-refractivity contribution in [1.29, 1.82) is 0 Å². The molecule has 0 aliphatic carbocycles. The Hall–Kier alpha value is -1.45. The van der Waals surface area contributed by atoms with Gasteiger partial charge in [-0.1, -0.05) is 12.1 Å². The third-order valence-corrected chi connectivity index (χ3v) is 2.96. The van der Waals surface area contributed by atoms with Crippen molar-refractivity contribution < 1.29 is 9.47 Å². The molecule has 0 amide bonds. The first-order valence-electron chi connectivity index (χ1n) is 6.19. The Morgan fingerprint density at radius 1 is 1.17 bits per heavy atom. The molecule has 0 bridgehead atoms. The second-order valence-electron chi connectivity index (χ2n) is 4.36. The number of hydrogen-bond acceptors (Lipinski definition) is 3. The molecule has 0 atom stereocenters. The third kappa shape index (κ3) is 3.06. The van der Waals surface area contributed by atoms with Gasteiger partial charge in [-0.15, -0.1) is 0 Å². The topological polar surface area (TPSA) is 31.4 Å². The van der Waals surface area contributed by atoms with E-state index in [1.54, 1.807) is 14.2 Å². The van der Waals surface area contributed by atoms with Crippen LogP contribution in [0.3, 0.4) is 0 Å². The van der Waals surface area contributed by atoms with E-state index in [4.69, 9.17) is 9.47 Å². The quantitative estimate of drug-likeness (QED) is 0.733. The van der Waals surface area contributed by atoms with Crippen LogP contribution < -0.4 is 0 Å². The highest BCUT2D eigenvalue weighted by Gasteiger charge is 2.05. The Kier molecular flexibility index (Phi) is 4.67. The van der Waals surface area contributed by atoms with E-state index >= 15 is 0 Å². The Bertz CT molecular complexity index is 511. The van der Waals surface area contributed by atoms with Gasteiger partial charge in [0.2, 0.25) is 0 Å². The van der Waals surface area contributed by atoms with E-state index in [0.717, 1.165) is 30.5 Å². The van der Waals surface area contributed by atoms with Crippen LogP contribution in [-0.2, 0) is 22.5 Å². The molecule has 96 valence electrons. The molecule has 2 aromatic rings. The van der Waals surface area contributed by atoms with Crippen LogP contribution in [0.2, 0.25) is 0 Å². The molecule has 0 aliphatic rings. The van der Waals surface area contributed by atoms with Crippen LogP contribution in [0.15, 0.2) is 30.5 Å². The average Bonchev–Trinajstić information content (AvgIpc) is 2.39. The van der Waals surface area contributed by atoms with Gasteiger partial charge in [0.15, 0.2) is 0 Å². The van der Waals surface area contributed by atoms with Gasteiger partial charge in [0.25, 0.3) is 0 Å². The van der Waals surface area contributed by atoms with E-state index in [1.807, 2.05) is 12.3 Å². The molecule has 0 unspecified atom stereocenters. The minimum absolute atomic E-state index is 0.603. The van der Waals surface area contributed by atoms with Crippen LogP contribution in [0.4, 0.5) is 0 Å². The third-order valence-electron chi connectivity index (χ3n) is 2.96. The lowest BCUT2D eigenvalue weighted by Crippen LogP contribution is -1.97. The number of pyridine rings is 1. The first-order valence-corrected chi connectivity index (χ1v) is 6.19. The van der Waals surface area contributed by atoms with Crippen molar-refractivity contribution in [2.45, 2.75) is 19.4 Å². The molecule has 0 radical (unpaired) electrons. The molecule has 0 saturated carbocycles. The molecule has 1 aromatic heterocycles. The van der Waals surface area contributed by atoms with Gasteiger partial charge in [0.05, 0.1) is 12.1 Å². The normalized spacial score (nSPS) is 11.0. The van der Waals surface area contributed by atoms with Gasteiger partial charge in [-0.3, -0.25) is 4.98 Å². The Balaban J connectivity index is 2.31. The van der Waals surface area contributed by atoms with Crippen molar-refractivity contribution in [3.05, 3.63) is 41.6 Å². The second-order valence-corrected chi connectivity index (χ2v) is 4.36. The fourth-order valence-electron chi connectivity index (χ4n) is 2.17. The number of ether oxygens (including phenoxy) is 2. The molecule has 3 heteroatoms. The molecule has 0 fully saturated rings. The minimum Gasteiger partial charge on any atom is -0.385 e. The van der Waals surface area contributed by atoms with E-state index in [1.165, 1.54) is 10.9 Å². The van der Waals surface area contributed by atoms with Gasteiger partial charge in [0, 0.05) is 38.0 Å². The number of rotatable bonds is 6. The number of methoxy groups -OCH3 is 2. The maximum absolute atomic E-state index is 5.25. The molecule has 0 saturated heterocycles. The van der Waals surface area contributed by atoms with E-state index in [2.05, 4.69) is 23.2 Å². The summed E-state index contributed by atoms with van der Waals surface area (Å²) >= 11 is 0.